The van der Waals surface area contributed by atoms with Crippen LogP contribution in [-0.2, 0) is 5.41 Å². The first-order valence-electron chi connectivity index (χ1n) is 5.39. The molecule has 0 saturated heterocycles. The van der Waals surface area contributed by atoms with Gasteiger partial charge >= 0.3 is 0 Å². The zero-order chi connectivity index (χ0) is 10.3. The van der Waals surface area contributed by atoms with Gasteiger partial charge in [-0.15, -0.1) is 0 Å². The van der Waals surface area contributed by atoms with Gasteiger partial charge in [-0.3, -0.25) is 0 Å². The van der Waals surface area contributed by atoms with Crippen LogP contribution in [0.4, 0.5) is 5.69 Å². The molecule has 0 amide bonds. The first kappa shape index (κ1) is 9.57. The topological polar surface area (TPSA) is 12.0 Å². The first-order valence-corrected chi connectivity index (χ1v) is 5.39. The maximum atomic E-state index is 3.62. The lowest BCUT2D eigenvalue weighted by Gasteiger charge is -2.30. The van der Waals surface area contributed by atoms with E-state index < -0.39 is 0 Å². The molecule has 76 valence electrons. The second-order valence-corrected chi connectivity index (χ2v) is 5.13. The molecule has 0 saturated carbocycles. The number of hydrogen-bond donors (Lipinski definition) is 1. The molecule has 1 heteroatoms. The Balaban J connectivity index is 2.45. The molecule has 2 rings (SSSR count). The summed E-state index contributed by atoms with van der Waals surface area (Å²) in [6, 6.07) is 9.21. The molecule has 0 aromatic heterocycles. The number of benzene rings is 1. The summed E-state index contributed by atoms with van der Waals surface area (Å²) in [4.78, 5) is 0. The molecule has 0 radical (unpaired) electrons. The molecule has 14 heavy (non-hydrogen) atoms. The van der Waals surface area contributed by atoms with E-state index >= 15 is 0 Å². The lowest BCUT2D eigenvalue weighted by Crippen LogP contribution is -2.37. The Kier molecular flexibility index (Phi) is 2.06. The van der Waals surface area contributed by atoms with E-state index in [4.69, 9.17) is 0 Å². The van der Waals surface area contributed by atoms with Gasteiger partial charge in [-0.05, 0) is 17.5 Å². The monoisotopic (exact) mass is 189 g/mol. The molecule has 1 nitrogen and oxygen atoms in total. The highest BCUT2D eigenvalue weighted by molar-refractivity contribution is 5.61. The Morgan fingerprint density at radius 1 is 1.21 bits per heavy atom. The quantitative estimate of drug-likeness (QED) is 0.714. The van der Waals surface area contributed by atoms with Gasteiger partial charge in [0.15, 0.2) is 0 Å². The van der Waals surface area contributed by atoms with Crippen LogP contribution >= 0.6 is 0 Å². The van der Waals surface area contributed by atoms with Gasteiger partial charge in [-0.25, -0.2) is 0 Å². The molecule has 1 aliphatic heterocycles. The smallest absolute Gasteiger partial charge is 0.0381 e. The summed E-state index contributed by atoms with van der Waals surface area (Å²) in [5, 5.41) is 3.62. The Bertz CT molecular complexity index is 339. The van der Waals surface area contributed by atoms with Crippen molar-refractivity contribution >= 4 is 5.69 Å². The van der Waals surface area contributed by atoms with Gasteiger partial charge in [0.2, 0.25) is 0 Å². The van der Waals surface area contributed by atoms with E-state index in [0.717, 1.165) is 0 Å². The molecular weight excluding hydrogens is 170 g/mol. The molecule has 0 spiro atoms. The van der Waals surface area contributed by atoms with Crippen LogP contribution in [0.2, 0.25) is 0 Å². The second-order valence-electron chi connectivity index (χ2n) is 5.13. The fraction of sp³-hybridized carbons (Fsp3) is 0.538. The third-order valence-corrected chi connectivity index (χ3v) is 3.38. The molecule has 1 aromatic rings. The highest BCUT2D eigenvalue weighted by Gasteiger charge is 2.40. The van der Waals surface area contributed by atoms with E-state index in [0.29, 0.717) is 12.0 Å². The van der Waals surface area contributed by atoms with Crippen molar-refractivity contribution in [3.63, 3.8) is 0 Å². The third-order valence-electron chi connectivity index (χ3n) is 3.38. The summed E-state index contributed by atoms with van der Waals surface area (Å²) in [7, 11) is 0. The standard InChI is InChI=1S/C13H19N/c1-9(2)12-13(3,4)10-7-5-6-8-11(10)14-12/h5-9,12,14H,1-4H3. The van der Waals surface area contributed by atoms with E-state index in [9.17, 15) is 0 Å². The van der Waals surface area contributed by atoms with Crippen LogP contribution < -0.4 is 5.32 Å². The molecule has 1 unspecified atom stereocenters. The number of hydrogen-bond acceptors (Lipinski definition) is 1. The second kappa shape index (κ2) is 3.01. The van der Waals surface area contributed by atoms with Crippen molar-refractivity contribution in [2.75, 3.05) is 5.32 Å². The molecule has 1 aromatic carbocycles. The summed E-state index contributed by atoms with van der Waals surface area (Å²) < 4.78 is 0. The molecule has 0 bridgehead atoms. The van der Waals surface area contributed by atoms with Gasteiger partial charge in [-0.2, -0.15) is 0 Å². The van der Waals surface area contributed by atoms with Gasteiger partial charge in [0.1, 0.15) is 0 Å². The van der Waals surface area contributed by atoms with Crippen LogP contribution in [0.25, 0.3) is 0 Å². The minimum Gasteiger partial charge on any atom is -0.381 e. The van der Waals surface area contributed by atoms with Crippen LogP contribution in [0.15, 0.2) is 24.3 Å². The predicted molar refractivity (Wildman–Crippen MR) is 61.7 cm³/mol. The molecule has 1 atom stereocenters. The van der Waals surface area contributed by atoms with Crippen molar-refractivity contribution in [2.24, 2.45) is 5.92 Å². The minimum atomic E-state index is 0.255. The minimum absolute atomic E-state index is 0.255. The summed E-state index contributed by atoms with van der Waals surface area (Å²) in [5.74, 6) is 0.664. The van der Waals surface area contributed by atoms with Gasteiger partial charge < -0.3 is 5.32 Å². The van der Waals surface area contributed by atoms with Gasteiger partial charge in [0.05, 0.1) is 0 Å². The molecule has 1 N–H and O–H groups in total. The lowest BCUT2D eigenvalue weighted by atomic mass is 9.76. The largest absolute Gasteiger partial charge is 0.381 e. The number of fused-ring (bicyclic) bond motifs is 1. The molecular formula is C13H19N. The average Bonchev–Trinajstić information content (AvgIpc) is 2.39. The van der Waals surface area contributed by atoms with Crippen LogP contribution in [0, 0.1) is 5.92 Å². The zero-order valence-corrected chi connectivity index (χ0v) is 9.46. The number of para-hydroxylation sites is 1. The van der Waals surface area contributed by atoms with Crippen LogP contribution in [0.3, 0.4) is 0 Å². The number of rotatable bonds is 1. The van der Waals surface area contributed by atoms with Crippen molar-refractivity contribution in [2.45, 2.75) is 39.2 Å². The van der Waals surface area contributed by atoms with Gasteiger partial charge in [0.25, 0.3) is 0 Å². The highest BCUT2D eigenvalue weighted by atomic mass is 15.0. The molecule has 1 heterocycles. The highest BCUT2D eigenvalue weighted by Crippen LogP contribution is 2.42. The van der Waals surface area contributed by atoms with Crippen molar-refractivity contribution in [3.8, 4) is 0 Å². The van der Waals surface area contributed by atoms with Crippen molar-refractivity contribution in [1.82, 2.24) is 0 Å². The van der Waals surface area contributed by atoms with Crippen LogP contribution in [0.5, 0.6) is 0 Å². The maximum Gasteiger partial charge on any atom is 0.0381 e. The average molecular weight is 189 g/mol. The Morgan fingerprint density at radius 3 is 2.43 bits per heavy atom. The van der Waals surface area contributed by atoms with Gasteiger partial charge in [-0.1, -0.05) is 45.9 Å². The van der Waals surface area contributed by atoms with Crippen molar-refractivity contribution in [1.29, 1.82) is 0 Å². The summed E-state index contributed by atoms with van der Waals surface area (Å²) >= 11 is 0. The van der Waals surface area contributed by atoms with Crippen molar-refractivity contribution in [3.05, 3.63) is 29.8 Å². The number of nitrogens with one attached hydrogen (secondary N) is 1. The summed E-state index contributed by atoms with van der Waals surface area (Å²) in [6.45, 7) is 9.23. The summed E-state index contributed by atoms with van der Waals surface area (Å²) in [5.41, 5.74) is 3.03. The van der Waals surface area contributed by atoms with Crippen molar-refractivity contribution < 1.29 is 0 Å². The van der Waals surface area contributed by atoms with Gasteiger partial charge in [0, 0.05) is 17.1 Å². The Labute approximate surface area is 86.5 Å². The van der Waals surface area contributed by atoms with E-state index in [-0.39, 0.29) is 5.41 Å². The Hall–Kier alpha value is -0.980. The fourth-order valence-electron chi connectivity index (χ4n) is 2.69. The van der Waals surface area contributed by atoms with E-state index in [1.807, 2.05) is 0 Å². The zero-order valence-electron chi connectivity index (χ0n) is 9.46. The van der Waals surface area contributed by atoms with Crippen LogP contribution in [0.1, 0.15) is 33.3 Å². The first-order chi connectivity index (χ1) is 6.53. The van der Waals surface area contributed by atoms with Crippen LogP contribution in [-0.4, -0.2) is 6.04 Å². The van der Waals surface area contributed by atoms with E-state index in [1.165, 1.54) is 11.3 Å². The SMILES string of the molecule is CC(C)C1Nc2ccccc2C1(C)C. The fourth-order valence-corrected chi connectivity index (χ4v) is 2.69. The lowest BCUT2D eigenvalue weighted by molar-refractivity contribution is 0.373. The summed E-state index contributed by atoms with van der Waals surface area (Å²) in [6.07, 6.45) is 0. The predicted octanol–water partition coefficient (Wildman–Crippen LogP) is 3.41. The maximum absolute atomic E-state index is 3.62. The molecule has 0 fully saturated rings. The molecule has 0 aliphatic carbocycles. The van der Waals surface area contributed by atoms with E-state index in [1.54, 1.807) is 0 Å². The normalized spacial score (nSPS) is 23.4. The van der Waals surface area contributed by atoms with E-state index in [2.05, 4.69) is 57.3 Å². The molecule has 1 aliphatic rings. The number of anilines is 1. The Morgan fingerprint density at radius 2 is 1.86 bits per heavy atom. The third kappa shape index (κ3) is 1.23.